The first-order chi connectivity index (χ1) is 36.0. The maximum atomic E-state index is 13.0. The summed E-state index contributed by atoms with van der Waals surface area (Å²) in [5, 5.41) is 13.9. The third kappa shape index (κ3) is 58.1. The number of hydrogen-bond donors (Lipinski definition) is 2. The summed E-state index contributed by atoms with van der Waals surface area (Å²) in [6, 6.07) is -0.907. The Kier molecular flexibility index (Phi) is 55.0. The molecule has 0 aromatic rings. The number of amides is 1. The molecule has 0 rings (SSSR count). The molecule has 0 heterocycles. The Morgan fingerprint density at radius 2 is 0.797 bits per heavy atom. The van der Waals surface area contributed by atoms with Crippen LogP contribution in [-0.2, 0) is 18.4 Å². The van der Waals surface area contributed by atoms with Gasteiger partial charge >= 0.3 is 0 Å². The topological polar surface area (TPSA) is 108 Å². The predicted molar refractivity (Wildman–Crippen MR) is 321 cm³/mol. The van der Waals surface area contributed by atoms with Gasteiger partial charge in [0.1, 0.15) is 13.2 Å². The van der Waals surface area contributed by atoms with Crippen LogP contribution >= 0.6 is 7.82 Å². The van der Waals surface area contributed by atoms with E-state index in [1.807, 2.05) is 27.2 Å². The third-order valence-corrected chi connectivity index (χ3v) is 15.5. The summed E-state index contributed by atoms with van der Waals surface area (Å²) in [4.78, 5) is 25.6. The van der Waals surface area contributed by atoms with E-state index in [-0.39, 0.29) is 12.5 Å². The van der Waals surface area contributed by atoms with Gasteiger partial charge in [0, 0.05) is 6.42 Å². The average molecular weight is 1060 g/mol. The van der Waals surface area contributed by atoms with E-state index in [9.17, 15) is 19.4 Å². The molecule has 3 unspecified atom stereocenters. The maximum absolute atomic E-state index is 13.0. The van der Waals surface area contributed by atoms with Crippen LogP contribution in [0.5, 0.6) is 0 Å². The molecule has 74 heavy (non-hydrogen) atoms. The number of hydrogen-bond acceptors (Lipinski definition) is 6. The first kappa shape index (κ1) is 72.5. The monoisotopic (exact) mass is 1060 g/mol. The average Bonchev–Trinajstić information content (AvgIpc) is 3.36. The van der Waals surface area contributed by atoms with Crippen LogP contribution in [0.4, 0.5) is 0 Å². The number of quaternary nitrogens is 1. The largest absolute Gasteiger partial charge is 0.756 e. The van der Waals surface area contributed by atoms with E-state index in [0.717, 1.165) is 44.9 Å². The minimum atomic E-state index is -4.61. The van der Waals surface area contributed by atoms with E-state index in [2.05, 4.69) is 55.6 Å². The van der Waals surface area contributed by atoms with Crippen molar-refractivity contribution in [2.24, 2.45) is 0 Å². The molecule has 0 radical (unpaired) electrons. The smallest absolute Gasteiger partial charge is 0.268 e. The lowest BCUT2D eigenvalue weighted by Crippen LogP contribution is -2.45. The van der Waals surface area contributed by atoms with Crippen molar-refractivity contribution in [3.63, 3.8) is 0 Å². The summed E-state index contributed by atoms with van der Waals surface area (Å²) in [6.45, 7) is 4.66. The van der Waals surface area contributed by atoms with Crippen molar-refractivity contribution < 1.29 is 32.9 Å². The molecule has 1 amide bonds. The normalized spacial score (nSPS) is 14.1. The molecule has 0 bridgehead atoms. The first-order valence-electron chi connectivity index (χ1n) is 32.0. The van der Waals surface area contributed by atoms with E-state index in [4.69, 9.17) is 9.05 Å². The molecule has 0 aromatic carbocycles. The molecule has 0 aliphatic heterocycles. The summed E-state index contributed by atoms with van der Waals surface area (Å²) in [5.74, 6) is -0.206. The van der Waals surface area contributed by atoms with E-state index in [1.165, 1.54) is 244 Å². The number of unbranched alkanes of at least 4 members (excludes halogenated alkanes) is 40. The van der Waals surface area contributed by atoms with Gasteiger partial charge in [0.25, 0.3) is 7.82 Å². The molecule has 3 atom stereocenters. The van der Waals surface area contributed by atoms with Crippen LogP contribution in [0.1, 0.15) is 309 Å². The lowest BCUT2D eigenvalue weighted by molar-refractivity contribution is -0.870. The number of aliphatic hydroxyl groups is 1. The van der Waals surface area contributed by atoms with Crippen molar-refractivity contribution in [3.8, 4) is 0 Å². The fraction of sp³-hybridized carbons (Fsp3) is 0.862. The van der Waals surface area contributed by atoms with Gasteiger partial charge in [0.15, 0.2) is 0 Å². The lowest BCUT2D eigenvalue weighted by Gasteiger charge is -2.29. The molecule has 8 nitrogen and oxygen atoms in total. The molecule has 0 aliphatic carbocycles. The number of phosphoric acid groups is 1. The number of rotatable bonds is 59. The first-order valence-corrected chi connectivity index (χ1v) is 33.5. The number of likely N-dealkylation sites (N-methyl/N-ethyl adjacent to an activating group) is 1. The van der Waals surface area contributed by atoms with Gasteiger partial charge in [0.05, 0.1) is 39.9 Å². The van der Waals surface area contributed by atoms with Crippen molar-refractivity contribution in [2.75, 3.05) is 40.9 Å². The summed E-state index contributed by atoms with van der Waals surface area (Å²) < 4.78 is 23.4. The predicted octanol–water partition coefficient (Wildman–Crippen LogP) is 19.2. The number of phosphoric ester groups is 1. The summed E-state index contributed by atoms with van der Waals surface area (Å²) >= 11 is 0. The van der Waals surface area contributed by atoms with Crippen molar-refractivity contribution in [2.45, 2.75) is 321 Å². The lowest BCUT2D eigenvalue weighted by atomic mass is 10.0. The van der Waals surface area contributed by atoms with E-state index in [0.29, 0.717) is 17.4 Å². The van der Waals surface area contributed by atoms with Gasteiger partial charge in [-0.05, 0) is 64.2 Å². The summed E-state index contributed by atoms with van der Waals surface area (Å²) in [7, 11) is 1.25. The van der Waals surface area contributed by atoms with Crippen LogP contribution in [0, 0.1) is 0 Å². The Bertz CT molecular complexity index is 1340. The zero-order valence-corrected chi connectivity index (χ0v) is 50.7. The minimum Gasteiger partial charge on any atom is -0.756 e. The van der Waals surface area contributed by atoms with E-state index in [1.54, 1.807) is 6.08 Å². The Morgan fingerprint density at radius 1 is 0.473 bits per heavy atom. The number of nitrogens with zero attached hydrogens (tertiary/aromatic N) is 1. The number of allylic oxidation sites excluding steroid dienone is 7. The highest BCUT2D eigenvalue weighted by Gasteiger charge is 2.23. The van der Waals surface area contributed by atoms with Gasteiger partial charge in [-0.25, -0.2) is 0 Å². The molecule has 0 spiro atoms. The van der Waals surface area contributed by atoms with Crippen molar-refractivity contribution in [1.29, 1.82) is 0 Å². The van der Waals surface area contributed by atoms with Crippen molar-refractivity contribution in [3.05, 3.63) is 48.6 Å². The molecule has 0 aliphatic rings. The minimum absolute atomic E-state index is 0.00702. The molecule has 9 heteroatoms. The van der Waals surface area contributed by atoms with Crippen molar-refractivity contribution in [1.82, 2.24) is 5.32 Å². The molecule has 2 N–H and O–H groups in total. The van der Waals surface area contributed by atoms with Gasteiger partial charge in [-0.1, -0.05) is 287 Å². The van der Waals surface area contributed by atoms with Gasteiger partial charge in [0.2, 0.25) is 5.91 Å². The fourth-order valence-electron chi connectivity index (χ4n) is 9.50. The Hall–Kier alpha value is -1.54. The fourth-order valence-corrected chi connectivity index (χ4v) is 10.2. The molecule has 0 saturated carbocycles. The molecular formula is C65H125N2O6P. The molecule has 0 saturated heterocycles. The summed E-state index contributed by atoms with van der Waals surface area (Å²) in [5.41, 5.74) is 0. The van der Waals surface area contributed by atoms with Gasteiger partial charge < -0.3 is 28.8 Å². The maximum Gasteiger partial charge on any atom is 0.268 e. The van der Waals surface area contributed by atoms with Gasteiger partial charge in [-0.2, -0.15) is 0 Å². The highest BCUT2D eigenvalue weighted by atomic mass is 31.2. The van der Waals surface area contributed by atoms with Crippen molar-refractivity contribution >= 4 is 13.7 Å². The highest BCUT2D eigenvalue weighted by Crippen LogP contribution is 2.38. The van der Waals surface area contributed by atoms with Crippen LogP contribution < -0.4 is 10.2 Å². The second kappa shape index (κ2) is 56.2. The number of aliphatic hydroxyl groups excluding tert-OH is 1. The Morgan fingerprint density at radius 3 is 1.18 bits per heavy atom. The van der Waals surface area contributed by atoms with Gasteiger partial charge in [-0.3, -0.25) is 9.36 Å². The second-order valence-electron chi connectivity index (χ2n) is 23.1. The van der Waals surface area contributed by atoms with Gasteiger partial charge in [-0.15, -0.1) is 0 Å². The standard InChI is InChI=1S/C65H125N2O6P/c1-6-8-10-12-14-16-18-20-22-24-26-28-30-31-32-33-34-35-37-38-40-42-44-46-48-50-52-54-56-58-64(68)63(62-73-74(70,71)72-61-60-67(3,4)5)66-65(69)59-57-55-53-51-49-47-45-43-41-39-36-29-27-25-23-21-19-17-15-13-11-9-7-2/h19,21,25,27,48,50,56,58,63-64,68H,6-18,20,22-24,26,28-47,49,51-55,57,59-62H2,1-5H3,(H-,66,69,70,71)/b21-19-,27-25-,50-48+,58-56+. The highest BCUT2D eigenvalue weighted by molar-refractivity contribution is 7.45. The molecular weight excluding hydrogens is 936 g/mol. The van der Waals surface area contributed by atoms with Crippen LogP contribution in [0.25, 0.3) is 0 Å². The zero-order chi connectivity index (χ0) is 54.2. The SMILES string of the molecule is CCCCCCC/C=C\C/C=C\CCCCCCCCCCCCCC(=O)NC(COP(=O)([O-])OCC[N+](C)(C)C)C(O)/C=C/CC/C=C/CCCCCCCCCCCCCCCCCCCCCCCCC. The Balaban J connectivity index is 4.17. The number of nitrogens with one attached hydrogen (secondary N) is 1. The summed E-state index contributed by atoms with van der Waals surface area (Å²) in [6.07, 6.45) is 75.0. The van der Waals surface area contributed by atoms with Crippen LogP contribution in [0.2, 0.25) is 0 Å². The quantitative estimate of drug-likeness (QED) is 0.0272. The van der Waals surface area contributed by atoms with E-state index >= 15 is 0 Å². The second-order valence-corrected chi connectivity index (χ2v) is 24.5. The van der Waals surface area contributed by atoms with E-state index < -0.39 is 26.6 Å². The molecule has 436 valence electrons. The van der Waals surface area contributed by atoms with Crippen LogP contribution in [-0.4, -0.2) is 68.5 Å². The Labute approximate surface area is 460 Å². The van der Waals surface area contributed by atoms with Crippen LogP contribution in [0.15, 0.2) is 48.6 Å². The number of carbonyl (C=O) groups is 1. The zero-order valence-electron chi connectivity index (χ0n) is 49.8. The van der Waals surface area contributed by atoms with Crippen LogP contribution in [0.3, 0.4) is 0 Å². The molecule has 0 fully saturated rings. The molecule has 0 aromatic heterocycles. The third-order valence-electron chi connectivity index (χ3n) is 14.5. The number of carbonyl (C=O) groups excluding carboxylic acids is 1.